The molecule has 0 N–H and O–H groups in total. The summed E-state index contributed by atoms with van der Waals surface area (Å²) in [6.45, 7) is 1.80. The van der Waals surface area contributed by atoms with E-state index in [4.69, 9.17) is 17.0 Å². The Kier molecular flexibility index (Phi) is 5.67. The molecule has 0 bridgehead atoms. The minimum absolute atomic E-state index is 0.0415. The van der Waals surface area contributed by atoms with Crippen LogP contribution in [-0.2, 0) is 15.6 Å². The highest BCUT2D eigenvalue weighted by molar-refractivity contribution is 7.85. The third kappa shape index (κ3) is 3.71. The van der Waals surface area contributed by atoms with E-state index in [1.165, 1.54) is 0 Å². The van der Waals surface area contributed by atoms with Gasteiger partial charge in [0.1, 0.15) is 29.2 Å². The van der Waals surface area contributed by atoms with E-state index in [1.807, 2.05) is 29.2 Å². The number of aryl methyl sites for hydroxylation is 1. The molecule has 1 aromatic heterocycles. The van der Waals surface area contributed by atoms with Crippen LogP contribution in [0.4, 0.5) is 11.4 Å². The number of carbonyl (C=O) groups excluding carboxylic acids is 1. The molecule has 2 saturated heterocycles. The average Bonchev–Trinajstić information content (AvgIpc) is 3.02. The minimum Gasteiger partial charge on any atom is -0.490 e. The van der Waals surface area contributed by atoms with Crippen LogP contribution >= 0.6 is 12.2 Å². The lowest BCUT2D eigenvalue weighted by molar-refractivity contribution is -0.123. The van der Waals surface area contributed by atoms with Crippen molar-refractivity contribution in [1.82, 2.24) is 4.98 Å². The molecular formula is C24H24N4O3S2. The van der Waals surface area contributed by atoms with E-state index >= 15 is 0 Å². The first-order valence-electron chi connectivity index (χ1n) is 11.1. The van der Waals surface area contributed by atoms with Crippen molar-refractivity contribution in [3.8, 4) is 11.8 Å². The first kappa shape index (κ1) is 22.0. The maximum Gasteiger partial charge on any atom is 0.259 e. The highest BCUT2D eigenvalue weighted by Gasteiger charge is 2.59. The lowest BCUT2D eigenvalue weighted by Gasteiger charge is -2.43. The fourth-order valence-corrected chi connectivity index (χ4v) is 6.49. The van der Waals surface area contributed by atoms with Crippen LogP contribution in [0.15, 0.2) is 36.5 Å². The van der Waals surface area contributed by atoms with Gasteiger partial charge in [0.25, 0.3) is 5.91 Å². The normalized spacial score (nSPS) is 24.0. The molecule has 7 nitrogen and oxygen atoms in total. The number of ether oxygens (including phenoxy) is 1. The van der Waals surface area contributed by atoms with Crippen molar-refractivity contribution in [2.75, 3.05) is 21.3 Å². The molecule has 33 heavy (non-hydrogen) atoms. The molecule has 9 heteroatoms. The summed E-state index contributed by atoms with van der Waals surface area (Å²) in [4.78, 5) is 21.3. The van der Waals surface area contributed by atoms with E-state index in [-0.39, 0.29) is 12.0 Å². The van der Waals surface area contributed by atoms with Gasteiger partial charge in [0.2, 0.25) is 0 Å². The van der Waals surface area contributed by atoms with E-state index in [0.717, 1.165) is 43.5 Å². The number of amides is 1. The van der Waals surface area contributed by atoms with Crippen LogP contribution in [0.2, 0.25) is 0 Å². The zero-order valence-corrected chi connectivity index (χ0v) is 20.0. The Balaban J connectivity index is 1.41. The molecule has 3 fully saturated rings. The second-order valence-corrected chi connectivity index (χ2v) is 10.8. The van der Waals surface area contributed by atoms with Crippen LogP contribution < -0.4 is 14.5 Å². The van der Waals surface area contributed by atoms with Gasteiger partial charge in [-0.25, -0.2) is 4.98 Å². The number of anilines is 2. The number of nitrogens with zero attached hydrogens (tertiary/aromatic N) is 4. The van der Waals surface area contributed by atoms with Gasteiger partial charge in [0.15, 0.2) is 5.11 Å². The van der Waals surface area contributed by atoms with Gasteiger partial charge in [-0.2, -0.15) is 5.26 Å². The maximum absolute atomic E-state index is 13.6. The van der Waals surface area contributed by atoms with Crippen molar-refractivity contribution in [3.63, 3.8) is 0 Å². The van der Waals surface area contributed by atoms with Crippen molar-refractivity contribution in [1.29, 1.82) is 5.26 Å². The maximum atomic E-state index is 13.6. The zero-order chi connectivity index (χ0) is 23.2. The fraction of sp³-hybridized carbons (Fsp3) is 0.417. The standard InChI is InChI=1S/C24H24N4O3S2/c1-16-13-18(15-26-21(16)14-25)27-22(29)24(9-2-10-24)28(23(27)32)17-3-5-19(6-4-17)31-20-7-11-33(30)12-8-20/h3-6,13,15,20H,2,7-12H2,1H3. The van der Waals surface area contributed by atoms with Crippen LogP contribution in [0, 0.1) is 18.3 Å². The van der Waals surface area contributed by atoms with E-state index < -0.39 is 16.3 Å². The van der Waals surface area contributed by atoms with Gasteiger partial charge < -0.3 is 9.64 Å². The Bertz CT molecular complexity index is 1180. The van der Waals surface area contributed by atoms with Crippen molar-refractivity contribution < 1.29 is 13.7 Å². The Morgan fingerprint density at radius 3 is 2.48 bits per heavy atom. The molecule has 3 aliphatic rings. The number of benzene rings is 1. The third-order valence-corrected chi connectivity index (χ3v) is 8.50. The molecule has 2 aromatic rings. The molecule has 1 aromatic carbocycles. The van der Waals surface area contributed by atoms with Gasteiger partial charge in [-0.1, -0.05) is 0 Å². The van der Waals surface area contributed by atoms with Crippen molar-refractivity contribution in [3.05, 3.63) is 47.8 Å². The highest BCUT2D eigenvalue weighted by atomic mass is 32.2. The fourth-order valence-electron chi connectivity index (χ4n) is 4.76. The number of pyridine rings is 1. The van der Waals surface area contributed by atoms with Crippen LogP contribution in [0.3, 0.4) is 0 Å². The van der Waals surface area contributed by atoms with Gasteiger partial charge in [0, 0.05) is 28.0 Å². The number of nitriles is 1. The summed E-state index contributed by atoms with van der Waals surface area (Å²) in [7, 11) is -0.716. The number of hydrogen-bond acceptors (Lipinski definition) is 6. The quantitative estimate of drug-likeness (QED) is 0.618. The predicted octanol–water partition coefficient (Wildman–Crippen LogP) is 3.61. The molecule has 1 saturated carbocycles. The van der Waals surface area contributed by atoms with Crippen molar-refractivity contribution >= 4 is 45.4 Å². The number of rotatable bonds is 4. The topological polar surface area (TPSA) is 86.5 Å². The number of thiocarbonyl (C=S) groups is 1. The van der Waals surface area contributed by atoms with Gasteiger partial charge >= 0.3 is 0 Å². The van der Waals surface area contributed by atoms with Crippen molar-refractivity contribution in [2.24, 2.45) is 0 Å². The highest BCUT2D eigenvalue weighted by Crippen LogP contribution is 2.48. The van der Waals surface area contributed by atoms with Crippen LogP contribution in [0.5, 0.6) is 5.75 Å². The van der Waals surface area contributed by atoms with Gasteiger partial charge in [0.05, 0.1) is 11.9 Å². The number of carbonyl (C=O) groups is 1. The smallest absolute Gasteiger partial charge is 0.259 e. The summed E-state index contributed by atoms with van der Waals surface area (Å²) in [5.74, 6) is 2.10. The first-order valence-corrected chi connectivity index (χ1v) is 13.0. The SMILES string of the molecule is Cc1cc(N2C(=O)C3(CCC3)N(c3ccc(OC4CCS(=O)CC4)cc3)C2=S)cnc1C#N. The lowest BCUT2D eigenvalue weighted by atomic mass is 9.75. The zero-order valence-electron chi connectivity index (χ0n) is 18.3. The predicted molar refractivity (Wildman–Crippen MR) is 131 cm³/mol. The van der Waals surface area contributed by atoms with E-state index in [0.29, 0.717) is 33.6 Å². The summed E-state index contributed by atoms with van der Waals surface area (Å²) in [5, 5.41) is 9.61. The van der Waals surface area contributed by atoms with E-state index in [9.17, 15) is 14.3 Å². The van der Waals surface area contributed by atoms with Gasteiger partial charge in [-0.15, -0.1) is 0 Å². The van der Waals surface area contributed by atoms with Gasteiger partial charge in [-0.3, -0.25) is 13.9 Å². The second-order valence-electron chi connectivity index (χ2n) is 8.77. The van der Waals surface area contributed by atoms with Crippen LogP contribution in [-0.4, -0.2) is 43.4 Å². The third-order valence-electron chi connectivity index (χ3n) is 6.75. The molecule has 1 amide bonds. The molecule has 3 heterocycles. The largest absolute Gasteiger partial charge is 0.490 e. The van der Waals surface area contributed by atoms with E-state index in [1.54, 1.807) is 24.1 Å². The number of aromatic nitrogens is 1. The Hall–Kier alpha value is -2.83. The molecule has 0 atom stereocenters. The Labute approximate surface area is 200 Å². The van der Waals surface area contributed by atoms with E-state index in [2.05, 4.69) is 11.1 Å². The number of hydrogen-bond donors (Lipinski definition) is 0. The summed E-state index contributed by atoms with van der Waals surface area (Å²) in [6.07, 6.45) is 5.67. The monoisotopic (exact) mass is 480 g/mol. The molecule has 0 unspecified atom stereocenters. The summed E-state index contributed by atoms with van der Waals surface area (Å²) in [6, 6.07) is 11.6. The Morgan fingerprint density at radius 1 is 1.21 bits per heavy atom. The Morgan fingerprint density at radius 2 is 1.91 bits per heavy atom. The molecule has 1 aliphatic carbocycles. The summed E-state index contributed by atoms with van der Waals surface area (Å²) in [5.41, 5.74) is 1.82. The van der Waals surface area contributed by atoms with Crippen LogP contribution in [0.1, 0.15) is 43.4 Å². The molecule has 2 aliphatic heterocycles. The summed E-state index contributed by atoms with van der Waals surface area (Å²) >= 11 is 5.81. The molecule has 5 rings (SSSR count). The van der Waals surface area contributed by atoms with Crippen molar-refractivity contribution in [2.45, 2.75) is 50.7 Å². The van der Waals surface area contributed by atoms with Crippen LogP contribution in [0.25, 0.3) is 0 Å². The molecule has 170 valence electrons. The molecule has 1 spiro atoms. The second kappa shape index (κ2) is 8.50. The molecule has 0 radical (unpaired) electrons. The summed E-state index contributed by atoms with van der Waals surface area (Å²) < 4.78 is 17.7. The van der Waals surface area contributed by atoms with Gasteiger partial charge in [-0.05, 0) is 87.1 Å². The average molecular weight is 481 g/mol. The molecular weight excluding hydrogens is 456 g/mol. The minimum atomic E-state index is -0.716. The first-order chi connectivity index (χ1) is 15.9. The lowest BCUT2D eigenvalue weighted by Crippen LogP contribution is -2.55.